The molecule has 1 saturated heterocycles. The number of nitrogens with zero attached hydrogens (tertiary/aromatic N) is 3. The molecule has 1 fully saturated rings. The molecular formula is C17H21N3O3. The summed E-state index contributed by atoms with van der Waals surface area (Å²) in [4.78, 5) is 18.7. The van der Waals surface area contributed by atoms with Crippen LogP contribution in [0.25, 0.3) is 11.4 Å². The number of ether oxygens (including phenoxy) is 1. The SMILES string of the molecule is COc1cccc(-c2noc([C@H]3CCCN3C(=O)C(C)C)n2)c1. The third-order valence-electron chi connectivity index (χ3n) is 4.08. The quantitative estimate of drug-likeness (QED) is 0.867. The first-order chi connectivity index (χ1) is 11.1. The van der Waals surface area contributed by atoms with Crippen LogP contribution in [0.4, 0.5) is 0 Å². The van der Waals surface area contributed by atoms with Crippen LogP contribution >= 0.6 is 0 Å². The van der Waals surface area contributed by atoms with E-state index in [0.717, 1.165) is 30.7 Å². The first-order valence-electron chi connectivity index (χ1n) is 7.88. The van der Waals surface area contributed by atoms with E-state index < -0.39 is 0 Å². The van der Waals surface area contributed by atoms with E-state index in [0.29, 0.717) is 11.7 Å². The predicted molar refractivity (Wildman–Crippen MR) is 84.8 cm³/mol. The van der Waals surface area contributed by atoms with Gasteiger partial charge in [0, 0.05) is 18.0 Å². The Hall–Kier alpha value is -2.37. The number of amides is 1. The maximum atomic E-state index is 12.3. The number of aromatic nitrogens is 2. The van der Waals surface area contributed by atoms with Crippen LogP contribution in [0.5, 0.6) is 5.75 Å². The van der Waals surface area contributed by atoms with Crippen molar-refractivity contribution in [2.45, 2.75) is 32.7 Å². The Kier molecular flexibility index (Phi) is 4.32. The van der Waals surface area contributed by atoms with E-state index >= 15 is 0 Å². The molecule has 0 bridgehead atoms. The Balaban J connectivity index is 1.85. The number of carbonyl (C=O) groups excluding carboxylic acids is 1. The third kappa shape index (κ3) is 3.06. The van der Waals surface area contributed by atoms with Crippen molar-refractivity contribution in [1.29, 1.82) is 0 Å². The molecule has 2 heterocycles. The van der Waals surface area contributed by atoms with Gasteiger partial charge in [0.1, 0.15) is 11.8 Å². The summed E-state index contributed by atoms with van der Waals surface area (Å²) in [7, 11) is 1.62. The summed E-state index contributed by atoms with van der Waals surface area (Å²) in [6.07, 6.45) is 1.82. The molecule has 1 atom stereocenters. The first-order valence-corrected chi connectivity index (χ1v) is 7.88. The lowest BCUT2D eigenvalue weighted by Crippen LogP contribution is -2.33. The minimum absolute atomic E-state index is 0.0311. The zero-order valence-electron chi connectivity index (χ0n) is 13.7. The van der Waals surface area contributed by atoms with Crippen LogP contribution in [0, 0.1) is 5.92 Å². The third-order valence-corrected chi connectivity index (χ3v) is 4.08. The Morgan fingerprint density at radius 1 is 1.43 bits per heavy atom. The number of likely N-dealkylation sites (tertiary alicyclic amines) is 1. The Morgan fingerprint density at radius 3 is 3.00 bits per heavy atom. The van der Waals surface area contributed by atoms with Crippen molar-refractivity contribution in [3.05, 3.63) is 30.2 Å². The number of carbonyl (C=O) groups is 1. The van der Waals surface area contributed by atoms with Crippen LogP contribution in [0.15, 0.2) is 28.8 Å². The first kappa shape index (κ1) is 15.5. The molecule has 3 rings (SSSR count). The minimum Gasteiger partial charge on any atom is -0.497 e. The van der Waals surface area contributed by atoms with Crippen LogP contribution < -0.4 is 4.74 Å². The number of rotatable bonds is 4. The van der Waals surface area contributed by atoms with Crippen LogP contribution in [0.2, 0.25) is 0 Å². The van der Waals surface area contributed by atoms with Gasteiger partial charge in [0.05, 0.1) is 7.11 Å². The summed E-state index contributed by atoms with van der Waals surface area (Å²) >= 11 is 0. The molecule has 0 unspecified atom stereocenters. The summed E-state index contributed by atoms with van der Waals surface area (Å²) < 4.78 is 10.7. The number of benzene rings is 1. The summed E-state index contributed by atoms with van der Waals surface area (Å²) in [5.41, 5.74) is 0.832. The van der Waals surface area contributed by atoms with Crippen molar-refractivity contribution in [1.82, 2.24) is 15.0 Å². The van der Waals surface area contributed by atoms with Gasteiger partial charge >= 0.3 is 0 Å². The molecule has 122 valence electrons. The van der Waals surface area contributed by atoms with E-state index in [9.17, 15) is 4.79 Å². The fourth-order valence-electron chi connectivity index (χ4n) is 2.87. The van der Waals surface area contributed by atoms with E-state index in [2.05, 4.69) is 10.1 Å². The fraction of sp³-hybridized carbons (Fsp3) is 0.471. The van der Waals surface area contributed by atoms with Gasteiger partial charge in [0.15, 0.2) is 0 Å². The van der Waals surface area contributed by atoms with Crippen molar-refractivity contribution in [2.75, 3.05) is 13.7 Å². The van der Waals surface area contributed by atoms with Crippen molar-refractivity contribution in [2.24, 2.45) is 5.92 Å². The molecule has 0 spiro atoms. The molecule has 1 aromatic heterocycles. The summed E-state index contributed by atoms with van der Waals surface area (Å²) in [5, 5.41) is 4.07. The second-order valence-corrected chi connectivity index (χ2v) is 6.03. The maximum absolute atomic E-state index is 12.3. The zero-order chi connectivity index (χ0) is 16.4. The van der Waals surface area contributed by atoms with Gasteiger partial charge in [0.2, 0.25) is 17.6 Å². The second kappa shape index (κ2) is 6.40. The van der Waals surface area contributed by atoms with Gasteiger partial charge in [-0.15, -0.1) is 0 Å². The monoisotopic (exact) mass is 315 g/mol. The number of methoxy groups -OCH3 is 1. The van der Waals surface area contributed by atoms with E-state index in [1.165, 1.54) is 0 Å². The summed E-state index contributed by atoms with van der Waals surface area (Å²) in [5.74, 6) is 1.87. The van der Waals surface area contributed by atoms with Crippen molar-refractivity contribution >= 4 is 5.91 Å². The van der Waals surface area contributed by atoms with Gasteiger partial charge in [-0.3, -0.25) is 4.79 Å². The Labute approximate surface area is 135 Å². The van der Waals surface area contributed by atoms with Crippen LogP contribution in [0.3, 0.4) is 0 Å². The molecule has 0 saturated carbocycles. The van der Waals surface area contributed by atoms with E-state index in [4.69, 9.17) is 9.26 Å². The van der Waals surface area contributed by atoms with Crippen molar-refractivity contribution < 1.29 is 14.1 Å². The predicted octanol–water partition coefficient (Wildman–Crippen LogP) is 3.06. The van der Waals surface area contributed by atoms with Crippen LogP contribution in [-0.2, 0) is 4.79 Å². The van der Waals surface area contributed by atoms with Gasteiger partial charge in [-0.05, 0) is 25.0 Å². The smallest absolute Gasteiger partial charge is 0.249 e. The van der Waals surface area contributed by atoms with Crippen molar-refractivity contribution in [3.8, 4) is 17.1 Å². The molecule has 6 nitrogen and oxygen atoms in total. The van der Waals surface area contributed by atoms with Crippen LogP contribution in [-0.4, -0.2) is 34.6 Å². The molecule has 0 radical (unpaired) electrons. The topological polar surface area (TPSA) is 68.5 Å². The molecule has 6 heteroatoms. The van der Waals surface area contributed by atoms with Crippen molar-refractivity contribution in [3.63, 3.8) is 0 Å². The Bertz CT molecular complexity index is 696. The average Bonchev–Trinajstić information content (AvgIpc) is 3.22. The molecule has 1 aliphatic rings. The molecule has 23 heavy (non-hydrogen) atoms. The molecule has 0 aliphatic carbocycles. The minimum atomic E-state index is -0.114. The maximum Gasteiger partial charge on any atom is 0.249 e. The molecule has 2 aromatic rings. The highest BCUT2D eigenvalue weighted by molar-refractivity contribution is 5.78. The molecular weight excluding hydrogens is 294 g/mol. The second-order valence-electron chi connectivity index (χ2n) is 6.03. The summed E-state index contributed by atoms with van der Waals surface area (Å²) in [6, 6.07) is 7.40. The van der Waals surface area contributed by atoms with Crippen LogP contribution in [0.1, 0.15) is 38.6 Å². The van der Waals surface area contributed by atoms with E-state index in [1.54, 1.807) is 7.11 Å². The zero-order valence-corrected chi connectivity index (χ0v) is 13.7. The van der Waals surface area contributed by atoms with Gasteiger partial charge in [-0.25, -0.2) is 0 Å². The normalized spacial score (nSPS) is 17.7. The lowest BCUT2D eigenvalue weighted by molar-refractivity contribution is -0.135. The lowest BCUT2D eigenvalue weighted by Gasteiger charge is -2.23. The lowest BCUT2D eigenvalue weighted by atomic mass is 10.1. The summed E-state index contributed by atoms with van der Waals surface area (Å²) in [6.45, 7) is 4.57. The van der Waals surface area contributed by atoms with Gasteiger partial charge in [-0.1, -0.05) is 31.1 Å². The fourth-order valence-corrected chi connectivity index (χ4v) is 2.87. The molecule has 1 aliphatic heterocycles. The van der Waals surface area contributed by atoms with Gasteiger partial charge in [0.25, 0.3) is 0 Å². The molecule has 1 aromatic carbocycles. The van der Waals surface area contributed by atoms with Gasteiger partial charge in [-0.2, -0.15) is 4.98 Å². The van der Waals surface area contributed by atoms with E-state index in [1.807, 2.05) is 43.0 Å². The number of hydrogen-bond donors (Lipinski definition) is 0. The largest absolute Gasteiger partial charge is 0.497 e. The highest BCUT2D eigenvalue weighted by Gasteiger charge is 2.34. The highest BCUT2D eigenvalue weighted by atomic mass is 16.5. The standard InChI is InChI=1S/C17H21N3O3/c1-11(2)17(21)20-9-5-8-14(20)16-18-15(19-23-16)12-6-4-7-13(10-12)22-3/h4,6-7,10-11,14H,5,8-9H2,1-3H3/t14-/m1/s1. The van der Waals surface area contributed by atoms with Gasteiger partial charge < -0.3 is 14.2 Å². The molecule has 0 N–H and O–H groups in total. The highest BCUT2D eigenvalue weighted by Crippen LogP contribution is 2.33. The Morgan fingerprint density at radius 2 is 2.26 bits per heavy atom. The average molecular weight is 315 g/mol. The number of hydrogen-bond acceptors (Lipinski definition) is 5. The molecule has 1 amide bonds. The van der Waals surface area contributed by atoms with E-state index in [-0.39, 0.29) is 17.9 Å².